The van der Waals surface area contributed by atoms with Crippen LogP contribution in [0.1, 0.15) is 0 Å². The molecule has 0 aromatic carbocycles. The highest BCUT2D eigenvalue weighted by Gasteiger charge is 2.41. The van der Waals surface area contributed by atoms with Gasteiger partial charge in [-0.3, -0.25) is 4.79 Å². The van der Waals surface area contributed by atoms with Crippen LogP contribution in [-0.2, 0) is 18.3 Å². The van der Waals surface area contributed by atoms with Crippen molar-refractivity contribution in [3.63, 3.8) is 0 Å². The molecular formula is C19H24N8O2. The van der Waals surface area contributed by atoms with Gasteiger partial charge >= 0.3 is 0 Å². The molecule has 2 atom stereocenters. The molecule has 2 fully saturated rings. The molecule has 10 nitrogen and oxygen atoms in total. The number of rotatable bonds is 5. The highest BCUT2D eigenvalue weighted by molar-refractivity contribution is 5.83. The van der Waals surface area contributed by atoms with Crippen molar-refractivity contribution in [2.24, 2.45) is 18.9 Å². The van der Waals surface area contributed by atoms with Crippen molar-refractivity contribution >= 4 is 22.8 Å². The summed E-state index contributed by atoms with van der Waals surface area (Å²) in [4.78, 5) is 29.8. The number of fused-ring (bicyclic) bond motifs is 2. The molecule has 2 saturated heterocycles. The van der Waals surface area contributed by atoms with Crippen molar-refractivity contribution in [2.75, 3.05) is 49.7 Å². The second kappa shape index (κ2) is 7.11. The van der Waals surface area contributed by atoms with E-state index in [1.54, 1.807) is 26.6 Å². The van der Waals surface area contributed by atoms with Crippen molar-refractivity contribution < 1.29 is 4.74 Å². The molecule has 5 heterocycles. The normalized spacial score (nSPS) is 21.3. The van der Waals surface area contributed by atoms with Gasteiger partial charge in [0.2, 0.25) is 0 Å². The van der Waals surface area contributed by atoms with Gasteiger partial charge in [-0.2, -0.15) is 5.10 Å². The van der Waals surface area contributed by atoms with Crippen molar-refractivity contribution in [3.8, 4) is 0 Å². The first-order chi connectivity index (χ1) is 14.1. The van der Waals surface area contributed by atoms with Crippen LogP contribution in [-0.4, -0.2) is 69.2 Å². The van der Waals surface area contributed by atoms with Crippen LogP contribution in [0, 0.1) is 11.8 Å². The molecule has 0 bridgehead atoms. The summed E-state index contributed by atoms with van der Waals surface area (Å²) in [7, 11) is 3.38. The van der Waals surface area contributed by atoms with E-state index in [1.807, 2.05) is 17.0 Å². The van der Waals surface area contributed by atoms with Gasteiger partial charge in [-0.05, 0) is 6.07 Å². The quantitative estimate of drug-likeness (QED) is 0.601. The average molecular weight is 396 g/mol. The Kier molecular flexibility index (Phi) is 4.42. The predicted molar refractivity (Wildman–Crippen MR) is 108 cm³/mol. The zero-order valence-electron chi connectivity index (χ0n) is 16.6. The molecule has 0 saturated carbocycles. The fourth-order valence-corrected chi connectivity index (χ4v) is 4.46. The molecule has 10 heteroatoms. The number of imidazole rings is 1. The van der Waals surface area contributed by atoms with Gasteiger partial charge in [-0.1, -0.05) is 0 Å². The van der Waals surface area contributed by atoms with Crippen molar-refractivity contribution in [2.45, 2.75) is 6.54 Å². The SMILES string of the molecule is COCCn1cnc2c(N3CC4CN(c5ccc(=O)n(C)n5)CC4C3)ncnc21. The molecule has 0 amide bonds. The Balaban J connectivity index is 1.33. The van der Waals surface area contributed by atoms with E-state index in [0.717, 1.165) is 55.5 Å². The minimum absolute atomic E-state index is 0.0861. The van der Waals surface area contributed by atoms with Gasteiger partial charge < -0.3 is 19.1 Å². The number of ether oxygens (including phenoxy) is 1. The van der Waals surface area contributed by atoms with Crippen molar-refractivity contribution in [3.05, 3.63) is 35.1 Å². The third-order valence-corrected chi connectivity index (χ3v) is 5.97. The van der Waals surface area contributed by atoms with Crippen LogP contribution in [0.5, 0.6) is 0 Å². The molecule has 0 radical (unpaired) electrons. The molecule has 152 valence electrons. The molecule has 2 unspecified atom stereocenters. The first-order valence-corrected chi connectivity index (χ1v) is 9.83. The van der Waals surface area contributed by atoms with Crippen LogP contribution in [0.25, 0.3) is 11.2 Å². The predicted octanol–water partition coefficient (Wildman–Crippen LogP) is 0.139. The van der Waals surface area contributed by atoms with E-state index in [2.05, 4.69) is 29.9 Å². The number of aryl methyl sites for hydroxylation is 1. The molecular weight excluding hydrogens is 372 g/mol. The fraction of sp³-hybridized carbons (Fsp3) is 0.526. The summed E-state index contributed by atoms with van der Waals surface area (Å²) in [6.07, 6.45) is 3.43. The molecule has 2 aliphatic heterocycles. The third-order valence-electron chi connectivity index (χ3n) is 5.97. The summed E-state index contributed by atoms with van der Waals surface area (Å²) in [6, 6.07) is 3.40. The standard InChI is InChI=1S/C19H24N8O2/c1-24-16(28)4-3-15(23-24)26-7-13-9-27(10-14(13)8-26)19-17-18(20-11-21-19)25(12-22-17)5-6-29-2/h3-4,11-14H,5-10H2,1-2H3. The maximum atomic E-state index is 11.6. The van der Waals surface area contributed by atoms with Gasteiger partial charge in [-0.15, -0.1) is 0 Å². The Bertz CT molecular complexity index is 1080. The summed E-state index contributed by atoms with van der Waals surface area (Å²) in [5, 5.41) is 4.40. The summed E-state index contributed by atoms with van der Waals surface area (Å²) < 4.78 is 8.58. The number of hydrogen-bond donors (Lipinski definition) is 0. The fourth-order valence-electron chi connectivity index (χ4n) is 4.46. The molecule has 0 spiro atoms. The van der Waals surface area contributed by atoms with Gasteiger partial charge in [0, 0.05) is 64.8 Å². The van der Waals surface area contributed by atoms with Gasteiger partial charge in [0.1, 0.15) is 12.1 Å². The minimum Gasteiger partial charge on any atom is -0.383 e. The number of nitrogens with zero attached hydrogens (tertiary/aromatic N) is 8. The summed E-state index contributed by atoms with van der Waals surface area (Å²) in [6.45, 7) is 5.07. The first kappa shape index (κ1) is 18.0. The highest BCUT2D eigenvalue weighted by Crippen LogP contribution is 2.36. The Morgan fingerprint density at radius 3 is 2.55 bits per heavy atom. The molecule has 2 aliphatic rings. The van der Waals surface area contributed by atoms with Gasteiger partial charge in [0.05, 0.1) is 12.9 Å². The Morgan fingerprint density at radius 1 is 1.07 bits per heavy atom. The smallest absolute Gasteiger partial charge is 0.266 e. The Hall–Kier alpha value is -3.01. The lowest BCUT2D eigenvalue weighted by Gasteiger charge is -2.23. The molecule has 29 heavy (non-hydrogen) atoms. The maximum absolute atomic E-state index is 11.6. The van der Waals surface area contributed by atoms with E-state index < -0.39 is 0 Å². The lowest BCUT2D eigenvalue weighted by atomic mass is 10.0. The summed E-state index contributed by atoms with van der Waals surface area (Å²) in [5.41, 5.74) is 1.61. The largest absolute Gasteiger partial charge is 0.383 e. The maximum Gasteiger partial charge on any atom is 0.266 e. The van der Waals surface area contributed by atoms with E-state index in [0.29, 0.717) is 18.4 Å². The highest BCUT2D eigenvalue weighted by atomic mass is 16.5. The second-order valence-corrected chi connectivity index (χ2v) is 7.78. The van der Waals surface area contributed by atoms with Crippen molar-refractivity contribution in [1.29, 1.82) is 0 Å². The number of methoxy groups -OCH3 is 1. The molecule has 3 aromatic rings. The molecule has 0 aliphatic carbocycles. The second-order valence-electron chi connectivity index (χ2n) is 7.78. The van der Waals surface area contributed by atoms with E-state index in [1.165, 1.54) is 4.68 Å². The van der Waals surface area contributed by atoms with Crippen LogP contribution < -0.4 is 15.4 Å². The monoisotopic (exact) mass is 396 g/mol. The number of hydrogen-bond acceptors (Lipinski definition) is 8. The van der Waals surface area contributed by atoms with Crippen LogP contribution in [0.4, 0.5) is 11.6 Å². The van der Waals surface area contributed by atoms with E-state index >= 15 is 0 Å². The molecule has 3 aromatic heterocycles. The van der Waals surface area contributed by atoms with Crippen molar-refractivity contribution in [1.82, 2.24) is 29.3 Å². The molecule has 5 rings (SSSR count). The van der Waals surface area contributed by atoms with Gasteiger partial charge in [0.15, 0.2) is 17.0 Å². The first-order valence-electron chi connectivity index (χ1n) is 9.83. The lowest BCUT2D eigenvalue weighted by Crippen LogP contribution is -2.31. The van der Waals surface area contributed by atoms with Crippen LogP contribution in [0.15, 0.2) is 29.6 Å². The number of aromatic nitrogens is 6. The third kappa shape index (κ3) is 3.13. The van der Waals surface area contributed by atoms with Crippen LogP contribution >= 0.6 is 0 Å². The zero-order chi connectivity index (χ0) is 20.0. The summed E-state index contributed by atoms with van der Waals surface area (Å²) in [5.74, 6) is 2.85. The zero-order valence-corrected chi connectivity index (χ0v) is 16.6. The molecule has 0 N–H and O–H groups in total. The van der Waals surface area contributed by atoms with Gasteiger partial charge in [-0.25, -0.2) is 19.6 Å². The van der Waals surface area contributed by atoms with E-state index in [4.69, 9.17) is 4.74 Å². The van der Waals surface area contributed by atoms with Gasteiger partial charge in [0.25, 0.3) is 5.56 Å². The topological polar surface area (TPSA) is 94.2 Å². The van der Waals surface area contributed by atoms with Crippen LogP contribution in [0.2, 0.25) is 0 Å². The van der Waals surface area contributed by atoms with E-state index in [9.17, 15) is 4.79 Å². The average Bonchev–Trinajstić information content (AvgIpc) is 3.41. The lowest BCUT2D eigenvalue weighted by molar-refractivity contribution is 0.188. The van der Waals surface area contributed by atoms with Crippen LogP contribution in [0.3, 0.4) is 0 Å². The Labute approximate surface area is 167 Å². The number of anilines is 2. The minimum atomic E-state index is -0.0861. The summed E-state index contributed by atoms with van der Waals surface area (Å²) >= 11 is 0. The Morgan fingerprint density at radius 2 is 1.83 bits per heavy atom. The van der Waals surface area contributed by atoms with E-state index in [-0.39, 0.29) is 5.56 Å².